The predicted molar refractivity (Wildman–Crippen MR) is 140 cm³/mol. The van der Waals surface area contributed by atoms with Gasteiger partial charge >= 0.3 is 0 Å². The van der Waals surface area contributed by atoms with Crippen molar-refractivity contribution in [1.82, 2.24) is 14.9 Å². The normalized spacial score (nSPS) is 15.3. The first-order valence-electron chi connectivity index (χ1n) is 10.1. The van der Waals surface area contributed by atoms with E-state index in [4.69, 9.17) is 0 Å². The Labute approximate surface area is 207 Å². The zero-order valence-corrected chi connectivity index (χ0v) is 22.1. The van der Waals surface area contributed by atoms with Gasteiger partial charge in [-0.15, -0.1) is 35.7 Å². The number of aliphatic imine (C=N–C) groups is 1. The maximum absolute atomic E-state index is 12.6. The van der Waals surface area contributed by atoms with Crippen LogP contribution in [0, 0.1) is 0 Å². The van der Waals surface area contributed by atoms with Crippen LogP contribution in [-0.4, -0.2) is 50.6 Å². The van der Waals surface area contributed by atoms with Crippen molar-refractivity contribution in [3.05, 3.63) is 60.2 Å². The molecule has 0 aromatic heterocycles. The Morgan fingerprint density at radius 2 is 1.71 bits per heavy atom. The number of benzene rings is 2. The van der Waals surface area contributed by atoms with Crippen LogP contribution in [0.4, 0.5) is 0 Å². The third kappa shape index (κ3) is 7.10. The van der Waals surface area contributed by atoms with Gasteiger partial charge < -0.3 is 10.6 Å². The van der Waals surface area contributed by atoms with Crippen molar-refractivity contribution in [1.29, 1.82) is 0 Å². The van der Waals surface area contributed by atoms with Gasteiger partial charge in [0.25, 0.3) is 0 Å². The molecule has 9 heteroatoms. The average molecular weight is 575 g/mol. The first-order valence-corrected chi connectivity index (χ1v) is 12.4. The summed E-state index contributed by atoms with van der Waals surface area (Å²) in [5.74, 6) is 0.703. The molecule has 1 fully saturated rings. The van der Waals surface area contributed by atoms with Crippen molar-refractivity contribution in [2.75, 3.05) is 27.2 Å². The molecule has 0 radical (unpaired) electrons. The molecule has 1 aliphatic carbocycles. The lowest BCUT2D eigenvalue weighted by Crippen LogP contribution is -2.41. The third-order valence-corrected chi connectivity index (χ3v) is 8.36. The summed E-state index contributed by atoms with van der Waals surface area (Å²) in [6, 6.07) is 17.5. The van der Waals surface area contributed by atoms with Crippen LogP contribution in [0.25, 0.3) is 0 Å². The highest BCUT2D eigenvalue weighted by molar-refractivity contribution is 14.0. The lowest BCUT2D eigenvalue weighted by molar-refractivity contribution is 0.519. The molecule has 3 rings (SSSR count). The summed E-state index contributed by atoms with van der Waals surface area (Å²) in [6.45, 7) is 3.86. The smallest absolute Gasteiger partial charge is 0.242 e. The Balaban J connectivity index is 0.00000341. The molecule has 2 aromatic carbocycles. The highest BCUT2D eigenvalue weighted by Gasteiger charge is 2.43. The van der Waals surface area contributed by atoms with E-state index in [9.17, 15) is 8.42 Å². The van der Waals surface area contributed by atoms with Gasteiger partial charge in [-0.25, -0.2) is 17.7 Å². The minimum atomic E-state index is -3.51. The second-order valence-electron chi connectivity index (χ2n) is 7.54. The summed E-state index contributed by atoms with van der Waals surface area (Å²) < 4.78 is 26.6. The fourth-order valence-corrected chi connectivity index (χ4v) is 5.38. The molecule has 6 nitrogen and oxygen atoms in total. The van der Waals surface area contributed by atoms with Gasteiger partial charge in [0.2, 0.25) is 10.0 Å². The number of sulfonamides is 1. The van der Waals surface area contributed by atoms with E-state index in [-0.39, 0.29) is 35.3 Å². The summed E-state index contributed by atoms with van der Waals surface area (Å²) in [5, 5.41) is 6.72. The van der Waals surface area contributed by atoms with E-state index in [2.05, 4.69) is 39.9 Å². The van der Waals surface area contributed by atoms with Crippen LogP contribution in [0.3, 0.4) is 0 Å². The first kappa shape index (κ1) is 26.0. The van der Waals surface area contributed by atoms with Gasteiger partial charge in [-0.2, -0.15) is 0 Å². The van der Waals surface area contributed by atoms with Crippen LogP contribution in [0.1, 0.15) is 25.3 Å². The van der Waals surface area contributed by atoms with E-state index in [0.717, 1.165) is 13.1 Å². The standard InChI is InChI=1S/C22H30N4O2S2.HI/c1-4-23-21(25-17-22(14-15-22)29-19-11-6-5-7-12-19)24-16-18-10-8-9-13-20(18)30(27,28)26(2)3;/h5-13H,4,14-17H2,1-3H3,(H2,23,24,25);1H. The quantitative estimate of drug-likeness (QED) is 0.270. The van der Waals surface area contributed by atoms with Gasteiger partial charge in [0, 0.05) is 36.8 Å². The molecule has 2 aromatic rings. The zero-order chi connectivity index (χ0) is 21.6. The molecule has 0 saturated heterocycles. The topological polar surface area (TPSA) is 73.8 Å². The van der Waals surface area contributed by atoms with E-state index in [0.29, 0.717) is 16.4 Å². The summed E-state index contributed by atoms with van der Waals surface area (Å²) >= 11 is 1.91. The van der Waals surface area contributed by atoms with Crippen LogP contribution >= 0.6 is 35.7 Å². The number of thioether (sulfide) groups is 1. The summed E-state index contributed by atoms with van der Waals surface area (Å²) in [4.78, 5) is 6.24. The Morgan fingerprint density at radius 3 is 2.32 bits per heavy atom. The largest absolute Gasteiger partial charge is 0.357 e. The Morgan fingerprint density at radius 1 is 1.06 bits per heavy atom. The van der Waals surface area contributed by atoms with Gasteiger partial charge in [-0.3, -0.25) is 0 Å². The summed E-state index contributed by atoms with van der Waals surface area (Å²) in [7, 11) is -0.424. The second-order valence-corrected chi connectivity index (χ2v) is 11.2. The van der Waals surface area contributed by atoms with Crippen molar-refractivity contribution in [2.45, 2.75) is 40.8 Å². The van der Waals surface area contributed by atoms with E-state index in [1.807, 2.05) is 36.9 Å². The van der Waals surface area contributed by atoms with Crippen LogP contribution < -0.4 is 10.6 Å². The van der Waals surface area contributed by atoms with Gasteiger partial charge in [-0.05, 0) is 43.5 Å². The summed E-state index contributed by atoms with van der Waals surface area (Å²) in [6.07, 6.45) is 2.34. The molecular weight excluding hydrogens is 543 g/mol. The molecule has 2 N–H and O–H groups in total. The number of nitrogens with one attached hydrogen (secondary N) is 2. The molecule has 170 valence electrons. The van der Waals surface area contributed by atoms with Crippen molar-refractivity contribution in [3.63, 3.8) is 0 Å². The molecule has 0 atom stereocenters. The first-order chi connectivity index (χ1) is 14.4. The molecule has 0 heterocycles. The van der Waals surface area contributed by atoms with Gasteiger partial charge in [0.15, 0.2) is 5.96 Å². The van der Waals surface area contributed by atoms with Crippen LogP contribution in [0.2, 0.25) is 0 Å². The van der Waals surface area contributed by atoms with E-state index < -0.39 is 10.0 Å². The summed E-state index contributed by atoms with van der Waals surface area (Å²) in [5.41, 5.74) is 0.684. The average Bonchev–Trinajstić information content (AvgIpc) is 3.50. The number of halogens is 1. The minimum Gasteiger partial charge on any atom is -0.357 e. The van der Waals surface area contributed by atoms with E-state index in [1.54, 1.807) is 26.2 Å². The molecule has 1 aliphatic rings. The van der Waals surface area contributed by atoms with Crippen molar-refractivity contribution < 1.29 is 8.42 Å². The Hall–Kier alpha value is -1.30. The molecule has 0 spiro atoms. The predicted octanol–water partition coefficient (Wildman–Crippen LogP) is 3.93. The highest BCUT2D eigenvalue weighted by Crippen LogP contribution is 2.51. The molecule has 0 unspecified atom stereocenters. The monoisotopic (exact) mass is 574 g/mol. The minimum absolute atomic E-state index is 0. The Bertz CT molecular complexity index is 978. The highest BCUT2D eigenvalue weighted by atomic mass is 127. The zero-order valence-electron chi connectivity index (χ0n) is 18.2. The molecule has 0 amide bonds. The molecule has 0 bridgehead atoms. The number of nitrogens with zero attached hydrogens (tertiary/aromatic N) is 2. The van der Waals surface area contributed by atoms with Crippen LogP contribution in [0.15, 0.2) is 69.4 Å². The van der Waals surface area contributed by atoms with Gasteiger partial charge in [0.1, 0.15) is 0 Å². The lowest BCUT2D eigenvalue weighted by Gasteiger charge is -2.19. The van der Waals surface area contributed by atoms with Gasteiger partial charge in [0.05, 0.1) is 11.4 Å². The van der Waals surface area contributed by atoms with E-state index >= 15 is 0 Å². The van der Waals surface area contributed by atoms with Crippen molar-refractivity contribution in [2.24, 2.45) is 4.99 Å². The fraction of sp³-hybridized carbons (Fsp3) is 0.409. The van der Waals surface area contributed by atoms with Crippen molar-refractivity contribution >= 4 is 51.7 Å². The molecule has 0 aliphatic heterocycles. The lowest BCUT2D eigenvalue weighted by atomic mass is 10.2. The fourth-order valence-electron chi connectivity index (χ4n) is 3.03. The number of hydrogen-bond acceptors (Lipinski definition) is 4. The molecular formula is C22H31IN4O2S2. The van der Waals surface area contributed by atoms with Crippen molar-refractivity contribution in [3.8, 4) is 0 Å². The third-order valence-electron chi connectivity index (χ3n) is 4.95. The molecule has 1 saturated carbocycles. The molecule has 31 heavy (non-hydrogen) atoms. The van der Waals surface area contributed by atoms with Crippen LogP contribution in [0.5, 0.6) is 0 Å². The second kappa shape index (κ2) is 11.5. The maximum Gasteiger partial charge on any atom is 0.242 e. The number of guanidine groups is 1. The Kier molecular flexibility index (Phi) is 9.66. The SMILES string of the molecule is CCNC(=NCc1ccccc1S(=O)(=O)N(C)C)NCC1(Sc2ccccc2)CC1.I. The maximum atomic E-state index is 12.6. The van der Waals surface area contributed by atoms with E-state index in [1.165, 1.54) is 22.0 Å². The number of rotatable bonds is 9. The number of hydrogen-bond donors (Lipinski definition) is 2. The van der Waals surface area contributed by atoms with Crippen LogP contribution in [-0.2, 0) is 16.6 Å². The van der Waals surface area contributed by atoms with Gasteiger partial charge in [-0.1, -0.05) is 36.4 Å².